The molecule has 3 atom stereocenters. The lowest BCUT2D eigenvalue weighted by Gasteiger charge is -2.44. The van der Waals surface area contributed by atoms with Crippen LogP contribution in [0.1, 0.15) is 169 Å². The fourth-order valence-electron chi connectivity index (χ4n) is 6.97. The maximum Gasteiger partial charge on any atom is 0.328 e. The molecule has 0 aliphatic heterocycles. The Morgan fingerprint density at radius 1 is 0.540 bits per heavy atom. The van der Waals surface area contributed by atoms with Gasteiger partial charge in [0.05, 0.1) is 12.3 Å². The molecule has 0 aromatic carbocycles. The minimum Gasteiger partial charge on any atom is -0.481 e. The molecule has 0 fully saturated rings. The molecule has 3 unspecified atom stereocenters. The molecule has 0 aromatic rings. The molecule has 0 rings (SSSR count). The van der Waals surface area contributed by atoms with Crippen LogP contribution >= 0.6 is 0 Å². The van der Waals surface area contributed by atoms with Crippen molar-refractivity contribution in [1.29, 1.82) is 0 Å². The molecule has 0 saturated carbocycles. The molecule has 6 N–H and O–H groups in total. The third-order valence-corrected chi connectivity index (χ3v) is 13.3. The van der Waals surface area contributed by atoms with E-state index in [1.807, 2.05) is 6.92 Å². The molecular weight excluding hydrogens is 696 g/mol. The second-order valence-electron chi connectivity index (χ2n) is 13.3. The molecule has 50 heavy (non-hydrogen) atoms. The fourth-order valence-corrected chi connectivity index (χ4v) is 9.64. The van der Waals surface area contributed by atoms with Crippen molar-refractivity contribution in [2.45, 2.75) is 179 Å². The van der Waals surface area contributed by atoms with E-state index in [-0.39, 0.29) is 38.5 Å². The van der Waals surface area contributed by atoms with Crippen LogP contribution in [0.25, 0.3) is 0 Å². The van der Waals surface area contributed by atoms with Gasteiger partial charge in [-0.3, -0.25) is 28.3 Å². The van der Waals surface area contributed by atoms with E-state index in [4.69, 9.17) is 5.11 Å². The summed E-state index contributed by atoms with van der Waals surface area (Å²) in [4.78, 5) is 46.7. The van der Waals surface area contributed by atoms with Gasteiger partial charge in [0, 0.05) is 5.41 Å². The van der Waals surface area contributed by atoms with E-state index in [1.165, 1.54) is 0 Å². The van der Waals surface area contributed by atoms with E-state index in [9.17, 15) is 60.4 Å². The third kappa shape index (κ3) is 14.0. The van der Waals surface area contributed by atoms with Gasteiger partial charge in [0.2, 0.25) is 9.49 Å². The first-order valence-electron chi connectivity index (χ1n) is 18.0. The smallest absolute Gasteiger partial charge is 0.328 e. The second kappa shape index (κ2) is 24.0. The van der Waals surface area contributed by atoms with E-state index in [1.54, 1.807) is 13.8 Å². The van der Waals surface area contributed by atoms with Crippen LogP contribution < -0.4 is 0 Å². The predicted octanol–water partition coefficient (Wildman–Crippen LogP) is 7.46. The Morgan fingerprint density at radius 2 is 0.940 bits per heavy atom. The Kier molecular flexibility index (Phi) is 23.9. The van der Waals surface area contributed by atoms with Crippen molar-refractivity contribution in [2.75, 3.05) is 0 Å². The molecule has 0 spiro atoms. The summed E-state index contributed by atoms with van der Waals surface area (Å²) < 4.78 is 62.0. The van der Waals surface area contributed by atoms with Gasteiger partial charge in [-0.1, -0.05) is 131 Å². The SMILES string of the molecule is CCCCCC(CC)(CC)C(CC(=O)O)(C(=O)O)S(=O)(=O)O.CCCCCCCCC(C(=O)O)C(CCCCCCCC)(C(=O)O)S(=O)(=O)O. The second-order valence-corrected chi connectivity index (χ2v) is 16.6. The molecular formula is C34H64O14S2. The molecule has 0 bridgehead atoms. The van der Waals surface area contributed by atoms with Crippen LogP contribution in [0.15, 0.2) is 0 Å². The van der Waals surface area contributed by atoms with Crippen LogP contribution in [0.3, 0.4) is 0 Å². The average molecular weight is 761 g/mol. The molecule has 0 heterocycles. The maximum absolute atomic E-state index is 12.1. The zero-order valence-electron chi connectivity index (χ0n) is 30.7. The first-order valence-corrected chi connectivity index (χ1v) is 20.9. The van der Waals surface area contributed by atoms with Crippen molar-refractivity contribution in [3.8, 4) is 0 Å². The molecule has 296 valence electrons. The van der Waals surface area contributed by atoms with Crippen molar-refractivity contribution < 1.29 is 65.5 Å². The van der Waals surface area contributed by atoms with Crippen molar-refractivity contribution in [3.05, 3.63) is 0 Å². The van der Waals surface area contributed by atoms with E-state index in [0.717, 1.165) is 64.2 Å². The van der Waals surface area contributed by atoms with Crippen molar-refractivity contribution >= 4 is 44.1 Å². The van der Waals surface area contributed by atoms with Gasteiger partial charge in [-0.2, -0.15) is 16.8 Å². The average Bonchev–Trinajstić information content (AvgIpc) is 3.01. The standard InChI is InChI=1S/C20H38O7S.C14H26O7S/c1-3-5-7-9-11-13-15-17(18(21)22)20(19(23)24,28(25,26)27)16-14-12-10-8-6-4-2;1-4-7-8-9-13(5-2,6-3)14(12(17)18,10-11(15)16)22(19,20)21/h17H,3-16H2,1-2H3,(H,21,22)(H,23,24)(H,25,26,27);4-10H2,1-3H3,(H,15,16)(H,17,18)(H,19,20,21). The Labute approximate surface area is 299 Å². The Hall–Kier alpha value is -2.30. The number of aliphatic carboxylic acids is 4. The summed E-state index contributed by atoms with van der Waals surface area (Å²) in [6, 6.07) is 0. The van der Waals surface area contributed by atoms with Crippen molar-refractivity contribution in [1.82, 2.24) is 0 Å². The summed E-state index contributed by atoms with van der Waals surface area (Å²) in [5, 5.41) is 37.9. The number of unbranched alkanes of at least 4 members (excludes halogenated alkanes) is 12. The van der Waals surface area contributed by atoms with Crippen LogP contribution in [-0.2, 0) is 39.4 Å². The lowest BCUT2D eigenvalue weighted by Crippen LogP contribution is -2.60. The predicted molar refractivity (Wildman–Crippen MR) is 190 cm³/mol. The molecule has 14 nitrogen and oxygen atoms in total. The van der Waals surface area contributed by atoms with Crippen molar-refractivity contribution in [3.63, 3.8) is 0 Å². The zero-order chi connectivity index (χ0) is 39.2. The first-order chi connectivity index (χ1) is 23.2. The maximum atomic E-state index is 12.1. The van der Waals surface area contributed by atoms with Gasteiger partial charge in [0.15, 0.2) is 0 Å². The third-order valence-electron chi connectivity index (χ3n) is 10.1. The Morgan fingerprint density at radius 3 is 1.28 bits per heavy atom. The normalized spacial score (nSPS) is 15.2. The minimum atomic E-state index is -5.12. The van der Waals surface area contributed by atoms with E-state index in [2.05, 4.69) is 13.8 Å². The summed E-state index contributed by atoms with van der Waals surface area (Å²) in [6.45, 7) is 9.34. The summed E-state index contributed by atoms with van der Waals surface area (Å²) in [6.07, 6.45) is 11.0. The summed E-state index contributed by atoms with van der Waals surface area (Å²) in [5.74, 6) is -8.30. The highest BCUT2D eigenvalue weighted by Crippen LogP contribution is 2.50. The molecule has 0 radical (unpaired) electrons. The molecule has 0 saturated heterocycles. The topological polar surface area (TPSA) is 258 Å². The largest absolute Gasteiger partial charge is 0.481 e. The zero-order valence-corrected chi connectivity index (χ0v) is 32.3. The number of carboxylic acid groups (broad SMARTS) is 4. The monoisotopic (exact) mass is 760 g/mol. The van der Waals surface area contributed by atoms with Crippen LogP contribution in [-0.4, -0.2) is 79.7 Å². The highest BCUT2D eigenvalue weighted by molar-refractivity contribution is 7.88. The molecule has 16 heteroatoms. The Bertz CT molecular complexity index is 1240. The summed E-state index contributed by atoms with van der Waals surface area (Å²) in [7, 11) is -10.2. The molecule has 0 aliphatic rings. The number of hydrogen-bond acceptors (Lipinski definition) is 8. The van der Waals surface area contributed by atoms with Crippen LogP contribution in [0, 0.1) is 11.3 Å². The van der Waals surface area contributed by atoms with Gasteiger partial charge >= 0.3 is 23.9 Å². The van der Waals surface area contributed by atoms with E-state index < -0.39 is 71.4 Å². The van der Waals surface area contributed by atoms with Gasteiger partial charge in [0.1, 0.15) is 0 Å². The highest BCUT2D eigenvalue weighted by atomic mass is 32.2. The number of rotatable bonds is 29. The lowest BCUT2D eigenvalue weighted by molar-refractivity contribution is -0.152. The molecule has 0 aliphatic carbocycles. The first kappa shape index (κ1) is 49.8. The quantitative estimate of drug-likeness (QED) is 0.0319. The molecule has 0 amide bonds. The van der Waals surface area contributed by atoms with Gasteiger partial charge in [-0.25, -0.2) is 0 Å². The minimum absolute atomic E-state index is 0.0800. The van der Waals surface area contributed by atoms with Gasteiger partial charge in [-0.05, 0) is 32.1 Å². The van der Waals surface area contributed by atoms with Crippen molar-refractivity contribution in [2.24, 2.45) is 11.3 Å². The fraction of sp³-hybridized carbons (Fsp3) is 0.882. The van der Waals surface area contributed by atoms with Gasteiger partial charge < -0.3 is 20.4 Å². The van der Waals surface area contributed by atoms with E-state index in [0.29, 0.717) is 25.7 Å². The van der Waals surface area contributed by atoms with Gasteiger partial charge in [0.25, 0.3) is 20.2 Å². The lowest BCUT2D eigenvalue weighted by atomic mass is 9.66. The van der Waals surface area contributed by atoms with E-state index >= 15 is 0 Å². The highest BCUT2D eigenvalue weighted by Gasteiger charge is 2.64. The van der Waals surface area contributed by atoms with Gasteiger partial charge in [-0.15, -0.1) is 0 Å². The van der Waals surface area contributed by atoms with Crippen LogP contribution in [0.2, 0.25) is 0 Å². The summed E-state index contributed by atoms with van der Waals surface area (Å²) in [5.41, 5.74) is -1.33. The Balaban J connectivity index is 0. The number of carboxylic acids is 4. The van der Waals surface area contributed by atoms with Crippen LogP contribution in [0.4, 0.5) is 0 Å². The molecule has 0 aromatic heterocycles. The number of hydrogen-bond donors (Lipinski definition) is 6. The van der Waals surface area contributed by atoms with Crippen LogP contribution in [0.5, 0.6) is 0 Å². The number of carbonyl (C=O) groups is 4. The summed E-state index contributed by atoms with van der Waals surface area (Å²) >= 11 is 0.